The first-order valence-electron chi connectivity index (χ1n) is 7.44. The van der Waals surface area contributed by atoms with Crippen LogP contribution in [-0.2, 0) is 6.42 Å². The van der Waals surface area contributed by atoms with E-state index in [-0.39, 0.29) is 0 Å². The Morgan fingerprint density at radius 3 is 2.41 bits per heavy atom. The maximum atomic E-state index is 5.30. The molecule has 0 atom stereocenters. The summed E-state index contributed by atoms with van der Waals surface area (Å²) in [5, 5.41) is 7.14. The summed E-state index contributed by atoms with van der Waals surface area (Å²) in [7, 11) is 7.42. The first kappa shape index (κ1) is 18.5. The van der Waals surface area contributed by atoms with Crippen LogP contribution in [0.4, 0.5) is 0 Å². The lowest BCUT2D eigenvalue weighted by Crippen LogP contribution is -2.37. The summed E-state index contributed by atoms with van der Waals surface area (Å²) in [6.07, 6.45) is 1.95. The third-order valence-corrected chi connectivity index (χ3v) is 3.50. The average Bonchev–Trinajstić information content (AvgIpc) is 2.51. The quantitative estimate of drug-likeness (QED) is 0.532. The third kappa shape index (κ3) is 6.95. The number of hydrogen-bond donors (Lipinski definition) is 2. The molecule has 124 valence electrons. The van der Waals surface area contributed by atoms with Crippen molar-refractivity contribution in [3.63, 3.8) is 0 Å². The molecule has 0 aliphatic rings. The minimum Gasteiger partial charge on any atom is -0.493 e. The highest BCUT2D eigenvalue weighted by Gasteiger charge is 2.04. The van der Waals surface area contributed by atoms with Crippen molar-refractivity contribution in [2.24, 2.45) is 0 Å². The highest BCUT2D eigenvalue weighted by molar-refractivity contribution is 7.80. The van der Waals surface area contributed by atoms with E-state index in [0.717, 1.165) is 44.0 Å². The Morgan fingerprint density at radius 2 is 1.77 bits per heavy atom. The zero-order valence-electron chi connectivity index (χ0n) is 13.9. The average molecular weight is 325 g/mol. The molecule has 0 aliphatic heterocycles. The van der Waals surface area contributed by atoms with Crippen LogP contribution in [-0.4, -0.2) is 58.0 Å². The number of ether oxygens (including phenoxy) is 2. The van der Waals surface area contributed by atoms with Crippen LogP contribution >= 0.6 is 12.2 Å². The predicted octanol–water partition coefficient (Wildman–Crippen LogP) is 1.66. The van der Waals surface area contributed by atoms with E-state index in [1.165, 1.54) is 5.56 Å². The molecule has 5 nitrogen and oxygen atoms in total. The van der Waals surface area contributed by atoms with Crippen LogP contribution in [0.2, 0.25) is 0 Å². The van der Waals surface area contributed by atoms with E-state index in [1.807, 2.05) is 18.2 Å². The van der Waals surface area contributed by atoms with Crippen LogP contribution in [0.1, 0.15) is 12.0 Å². The van der Waals surface area contributed by atoms with E-state index >= 15 is 0 Å². The zero-order valence-corrected chi connectivity index (χ0v) is 14.8. The van der Waals surface area contributed by atoms with Crippen molar-refractivity contribution < 1.29 is 9.47 Å². The van der Waals surface area contributed by atoms with Gasteiger partial charge in [-0.2, -0.15) is 0 Å². The number of methoxy groups -OCH3 is 2. The molecule has 22 heavy (non-hydrogen) atoms. The lowest BCUT2D eigenvalue weighted by molar-refractivity contribution is 0.354. The Kier molecular flexibility index (Phi) is 8.62. The van der Waals surface area contributed by atoms with Crippen LogP contribution in [0.3, 0.4) is 0 Å². The first-order valence-corrected chi connectivity index (χ1v) is 7.85. The summed E-state index contributed by atoms with van der Waals surface area (Å²) in [5.74, 6) is 1.50. The molecular formula is C16H27N3O2S. The molecule has 0 heterocycles. The Labute approximate surface area is 139 Å². The normalized spacial score (nSPS) is 10.4. The number of nitrogens with zero attached hydrogens (tertiary/aromatic N) is 1. The molecule has 1 aromatic rings. The van der Waals surface area contributed by atoms with Gasteiger partial charge >= 0.3 is 0 Å². The van der Waals surface area contributed by atoms with Crippen LogP contribution in [0, 0.1) is 0 Å². The van der Waals surface area contributed by atoms with Gasteiger partial charge in [0.1, 0.15) is 0 Å². The summed E-state index contributed by atoms with van der Waals surface area (Å²) in [6.45, 7) is 2.73. The molecule has 0 unspecified atom stereocenters. The van der Waals surface area contributed by atoms with Crippen LogP contribution in [0.5, 0.6) is 11.5 Å². The second kappa shape index (κ2) is 10.2. The number of hydrogen-bond acceptors (Lipinski definition) is 4. The van der Waals surface area contributed by atoms with Crippen molar-refractivity contribution in [1.29, 1.82) is 0 Å². The summed E-state index contributed by atoms with van der Waals surface area (Å²) in [6, 6.07) is 5.96. The molecule has 1 rings (SSSR count). The van der Waals surface area contributed by atoms with Crippen molar-refractivity contribution in [2.45, 2.75) is 12.8 Å². The molecule has 1 aromatic carbocycles. The largest absolute Gasteiger partial charge is 0.493 e. The molecule has 0 spiro atoms. The van der Waals surface area contributed by atoms with Crippen molar-refractivity contribution in [1.82, 2.24) is 15.5 Å². The number of thiocarbonyl (C=S) groups is 1. The van der Waals surface area contributed by atoms with Crippen molar-refractivity contribution in [3.8, 4) is 11.5 Å². The molecular weight excluding hydrogens is 298 g/mol. The Bertz CT molecular complexity index is 467. The van der Waals surface area contributed by atoms with E-state index in [2.05, 4.69) is 29.6 Å². The van der Waals surface area contributed by atoms with Gasteiger partial charge in [0, 0.05) is 13.1 Å². The van der Waals surface area contributed by atoms with E-state index in [9.17, 15) is 0 Å². The van der Waals surface area contributed by atoms with Gasteiger partial charge in [-0.15, -0.1) is 0 Å². The standard InChI is InChI=1S/C16H27N3O2S/c1-19(2)11-5-9-17-16(22)18-10-8-13-6-7-14(20-3)15(12-13)21-4/h6-7,12H,5,8-11H2,1-4H3,(H2,17,18,22). The van der Waals surface area contributed by atoms with Gasteiger partial charge in [-0.25, -0.2) is 0 Å². The van der Waals surface area contributed by atoms with E-state index in [1.54, 1.807) is 14.2 Å². The number of rotatable bonds is 9. The molecule has 0 aliphatic carbocycles. The second-order valence-corrected chi connectivity index (χ2v) is 5.69. The molecule has 2 N–H and O–H groups in total. The number of benzene rings is 1. The zero-order chi connectivity index (χ0) is 16.4. The van der Waals surface area contributed by atoms with Crippen LogP contribution in [0.25, 0.3) is 0 Å². The van der Waals surface area contributed by atoms with Gasteiger partial charge in [0.15, 0.2) is 16.6 Å². The highest BCUT2D eigenvalue weighted by Crippen LogP contribution is 2.27. The van der Waals surface area contributed by atoms with Crippen LogP contribution in [0.15, 0.2) is 18.2 Å². The van der Waals surface area contributed by atoms with Crippen molar-refractivity contribution in [2.75, 3.05) is 47.9 Å². The molecule has 0 saturated carbocycles. The summed E-state index contributed by atoms with van der Waals surface area (Å²) in [5.41, 5.74) is 1.18. The second-order valence-electron chi connectivity index (χ2n) is 5.28. The smallest absolute Gasteiger partial charge is 0.166 e. The van der Waals surface area contributed by atoms with Crippen molar-refractivity contribution in [3.05, 3.63) is 23.8 Å². The summed E-state index contributed by atoms with van der Waals surface area (Å²) in [4.78, 5) is 2.16. The van der Waals surface area contributed by atoms with Gasteiger partial charge in [-0.05, 0) is 63.4 Å². The molecule has 0 radical (unpaired) electrons. The fourth-order valence-corrected chi connectivity index (χ4v) is 2.22. The van der Waals surface area contributed by atoms with E-state index in [4.69, 9.17) is 21.7 Å². The SMILES string of the molecule is COc1ccc(CCNC(=S)NCCCN(C)C)cc1OC. The van der Waals surface area contributed by atoms with Crippen molar-refractivity contribution >= 4 is 17.3 Å². The van der Waals surface area contributed by atoms with E-state index in [0.29, 0.717) is 5.11 Å². The molecule has 0 saturated heterocycles. The summed E-state index contributed by atoms with van der Waals surface area (Å²) < 4.78 is 10.5. The monoisotopic (exact) mass is 325 g/mol. The Hall–Kier alpha value is -1.53. The van der Waals surface area contributed by atoms with Gasteiger partial charge < -0.3 is 25.0 Å². The lowest BCUT2D eigenvalue weighted by atomic mass is 10.1. The van der Waals surface area contributed by atoms with Gasteiger partial charge in [-0.3, -0.25) is 0 Å². The lowest BCUT2D eigenvalue weighted by Gasteiger charge is -2.13. The van der Waals surface area contributed by atoms with Crippen LogP contribution < -0.4 is 20.1 Å². The first-order chi connectivity index (χ1) is 10.6. The Balaban J connectivity index is 2.27. The van der Waals surface area contributed by atoms with E-state index < -0.39 is 0 Å². The fourth-order valence-electron chi connectivity index (χ4n) is 2.02. The minimum absolute atomic E-state index is 0.708. The Morgan fingerprint density at radius 1 is 1.09 bits per heavy atom. The summed E-state index contributed by atoms with van der Waals surface area (Å²) >= 11 is 5.26. The molecule has 0 aromatic heterocycles. The molecule has 0 fully saturated rings. The molecule has 0 amide bonds. The van der Waals surface area contributed by atoms with Gasteiger partial charge in [0.2, 0.25) is 0 Å². The highest BCUT2D eigenvalue weighted by atomic mass is 32.1. The number of nitrogens with one attached hydrogen (secondary N) is 2. The fraction of sp³-hybridized carbons (Fsp3) is 0.562. The van der Waals surface area contributed by atoms with Gasteiger partial charge in [0.25, 0.3) is 0 Å². The predicted molar refractivity (Wildman–Crippen MR) is 95.0 cm³/mol. The minimum atomic E-state index is 0.708. The molecule has 0 bridgehead atoms. The maximum absolute atomic E-state index is 5.30. The van der Waals surface area contributed by atoms with Gasteiger partial charge in [-0.1, -0.05) is 6.07 Å². The van der Waals surface area contributed by atoms with Gasteiger partial charge in [0.05, 0.1) is 14.2 Å². The topological polar surface area (TPSA) is 45.8 Å². The third-order valence-electron chi connectivity index (χ3n) is 3.21. The maximum Gasteiger partial charge on any atom is 0.166 e. The molecule has 6 heteroatoms.